The number of hydrogen-bond donors (Lipinski definition) is 12. The zero-order valence-corrected chi connectivity index (χ0v) is 35.5. The van der Waals surface area contributed by atoms with Gasteiger partial charge in [0.15, 0.2) is 0 Å². The number of benzene rings is 4. The molecular weight excluding hydrogens is 888 g/mol. The van der Waals surface area contributed by atoms with Crippen molar-refractivity contribution in [3.63, 3.8) is 0 Å². The van der Waals surface area contributed by atoms with Gasteiger partial charge in [0, 0.05) is 74.6 Å². The normalized spacial score (nSPS) is 16.2. The van der Waals surface area contributed by atoms with E-state index in [0.29, 0.717) is 0 Å². The van der Waals surface area contributed by atoms with E-state index in [-0.39, 0.29) is 16.4 Å². The van der Waals surface area contributed by atoms with Crippen LogP contribution in [0.4, 0.5) is 0 Å². The molecule has 0 spiro atoms. The van der Waals surface area contributed by atoms with Crippen molar-refractivity contribution in [2.75, 3.05) is 52.4 Å². The molecule has 0 aromatic heterocycles. The molecule has 0 radical (unpaired) electrons. The maximum atomic E-state index is 12.6. The number of aliphatic hydroxyl groups is 4. The molecule has 4 atom stereocenters. The van der Waals surface area contributed by atoms with Crippen LogP contribution in [0.1, 0.15) is 41.4 Å². The van der Waals surface area contributed by atoms with Crippen molar-refractivity contribution in [2.45, 2.75) is 22.4 Å². The molecule has 364 valence electrons. The molecule has 4 aromatic rings. The van der Waals surface area contributed by atoms with Gasteiger partial charge in [-0.05, 0) is 0 Å². The Kier molecular flexibility index (Phi) is 24.6. The van der Waals surface area contributed by atoms with Gasteiger partial charge in [-0.3, -0.25) is 19.2 Å². The Morgan fingerprint density at radius 3 is 0.537 bits per heavy atom. The third-order valence-electron chi connectivity index (χ3n) is 9.66. The van der Waals surface area contributed by atoms with Crippen molar-refractivity contribution >= 4 is 47.0 Å². The first-order chi connectivity index (χ1) is 30.3. The van der Waals surface area contributed by atoms with Gasteiger partial charge in [0.05, 0.1) is 0 Å². The maximum absolute atomic E-state index is 12.6. The van der Waals surface area contributed by atoms with Gasteiger partial charge >= 0.3 is 23.9 Å². The zero-order chi connectivity index (χ0) is 47.6. The van der Waals surface area contributed by atoms with Crippen molar-refractivity contribution in [3.05, 3.63) is 144 Å². The Hall–Kier alpha value is -7.00. The van der Waals surface area contributed by atoms with Crippen LogP contribution in [0.15, 0.2) is 121 Å². The first kappa shape index (κ1) is 60.0. The molecule has 67 heavy (non-hydrogen) atoms. The van der Waals surface area contributed by atoms with Gasteiger partial charge in [0.25, 0.3) is 22.4 Å². The molecule has 0 unspecified atom stereocenters. The lowest BCUT2D eigenvalue weighted by Gasteiger charge is -2.34. The highest BCUT2D eigenvalue weighted by molar-refractivity contribution is 6.29. The number of rotatable bonds is 14. The summed E-state index contributed by atoms with van der Waals surface area (Å²) >= 11 is 0. The summed E-state index contributed by atoms with van der Waals surface area (Å²) in [4.78, 5) is 97.1. The van der Waals surface area contributed by atoms with E-state index in [0.717, 1.165) is 101 Å². The molecule has 2 aliphatic rings. The number of Topliss-reactive ketones (excluding diaryl/α,β-unsaturated/α-hetero) is 4. The lowest BCUT2D eigenvalue weighted by Crippen LogP contribution is -2.71. The van der Waals surface area contributed by atoms with Gasteiger partial charge in [-0.1, -0.05) is 121 Å². The van der Waals surface area contributed by atoms with E-state index in [2.05, 4.69) is 21.3 Å². The van der Waals surface area contributed by atoms with Gasteiger partial charge in [0.2, 0.25) is 23.1 Å². The van der Waals surface area contributed by atoms with E-state index in [9.17, 15) is 79.2 Å². The second-order valence-electron chi connectivity index (χ2n) is 13.8. The number of ketones is 4. The molecule has 23 heteroatoms. The molecule has 23 nitrogen and oxygen atoms in total. The average Bonchev–Trinajstić information content (AvgIpc) is 3.34. The fourth-order valence-corrected chi connectivity index (χ4v) is 6.07. The lowest BCUT2D eigenvalue weighted by molar-refractivity contribution is -0.187. The standard InChI is InChI=1S/2C18H14O8.2C4H10N2.3H2O/c2*19-13(11-7-3-1-4-8-11)17(25,15(21)22)18(26,16(23)24)14(20)12-9-5-2-6-10-12;2*1-2-6-4-3-5-1;;;/h2*1-10,25-26H,(H,21,22)(H,23,24);2*5-6H,1-4H2;3*1H2/t2*17-,18-;;;;;/m11...../s1. The molecule has 18 N–H and O–H groups in total. The molecule has 2 fully saturated rings. The van der Waals surface area contributed by atoms with Crippen molar-refractivity contribution in [1.29, 1.82) is 0 Å². The summed E-state index contributed by atoms with van der Waals surface area (Å²) in [5.74, 6) is -16.1. The van der Waals surface area contributed by atoms with Gasteiger partial charge in [-0.2, -0.15) is 0 Å². The van der Waals surface area contributed by atoms with E-state index in [4.69, 9.17) is 0 Å². The summed E-state index contributed by atoms with van der Waals surface area (Å²) in [6, 6.07) is 25.6. The first-order valence-electron chi connectivity index (χ1n) is 19.4. The van der Waals surface area contributed by atoms with Crippen molar-refractivity contribution in [1.82, 2.24) is 21.3 Å². The summed E-state index contributed by atoms with van der Waals surface area (Å²) < 4.78 is 0. The quantitative estimate of drug-likeness (QED) is 0.0434. The highest BCUT2D eigenvalue weighted by atomic mass is 16.5. The van der Waals surface area contributed by atoms with Crippen molar-refractivity contribution in [2.24, 2.45) is 0 Å². The van der Waals surface area contributed by atoms with Crippen LogP contribution in [0.3, 0.4) is 0 Å². The summed E-state index contributed by atoms with van der Waals surface area (Å²) in [5.41, 5.74) is -17.4. The SMILES string of the molecule is C1CNCCN1.C1CNCCN1.O.O.O.O=C(O)[C@](O)(C(=O)c1ccccc1)[C@](O)(C(=O)O)C(=O)c1ccccc1.O=C(O)[C@](O)(C(=O)c1ccccc1)[C@](O)(C(=O)O)C(=O)c1ccccc1. The molecule has 0 aliphatic carbocycles. The van der Waals surface area contributed by atoms with E-state index >= 15 is 0 Å². The summed E-state index contributed by atoms with van der Waals surface area (Å²) in [5, 5.41) is 92.6. The van der Waals surface area contributed by atoms with Crippen molar-refractivity contribution in [3.8, 4) is 0 Å². The lowest BCUT2D eigenvalue weighted by atomic mass is 9.73. The summed E-state index contributed by atoms with van der Waals surface area (Å²) in [7, 11) is 0. The van der Waals surface area contributed by atoms with Crippen LogP contribution >= 0.6 is 0 Å². The molecule has 2 heterocycles. The predicted molar refractivity (Wildman–Crippen MR) is 236 cm³/mol. The number of nitrogens with one attached hydrogen (secondary N) is 4. The second kappa shape index (κ2) is 27.5. The van der Waals surface area contributed by atoms with Gasteiger partial charge in [0.1, 0.15) is 0 Å². The number of hydrogen-bond acceptors (Lipinski definition) is 16. The molecule has 0 bridgehead atoms. The molecule has 0 amide bonds. The van der Waals surface area contributed by atoms with Crippen LogP contribution in [-0.2, 0) is 19.2 Å². The first-order valence-corrected chi connectivity index (χ1v) is 19.4. The summed E-state index contributed by atoms with van der Waals surface area (Å²) in [6.07, 6.45) is 0. The van der Waals surface area contributed by atoms with Crippen molar-refractivity contribution < 1.29 is 95.6 Å². The molecular formula is C44H54N4O19. The monoisotopic (exact) mass is 942 g/mol. The Morgan fingerprint density at radius 2 is 0.433 bits per heavy atom. The minimum absolute atomic E-state index is 0. The van der Waals surface area contributed by atoms with Crippen LogP contribution < -0.4 is 21.3 Å². The largest absolute Gasteiger partial charge is 0.479 e. The molecule has 0 saturated carbocycles. The fraction of sp³-hybridized carbons (Fsp3) is 0.273. The molecule has 4 aromatic carbocycles. The van der Waals surface area contributed by atoms with Gasteiger partial charge < -0.3 is 78.5 Å². The number of piperazine rings is 2. The maximum Gasteiger partial charge on any atom is 0.348 e. The number of aliphatic carboxylic acids is 4. The highest BCUT2D eigenvalue weighted by Crippen LogP contribution is 2.33. The van der Waals surface area contributed by atoms with E-state index in [1.54, 1.807) is 0 Å². The Labute approximate surface area is 381 Å². The molecule has 6 rings (SSSR count). The van der Waals surface area contributed by atoms with E-state index in [1.807, 2.05) is 0 Å². The number of carbonyl (C=O) groups is 8. The van der Waals surface area contributed by atoms with Crippen LogP contribution in [0.25, 0.3) is 0 Å². The van der Waals surface area contributed by atoms with E-state index < -0.39 is 91.7 Å². The minimum Gasteiger partial charge on any atom is -0.479 e. The number of carboxylic acids is 4. The summed E-state index contributed by atoms with van der Waals surface area (Å²) in [6.45, 7) is 9.11. The van der Waals surface area contributed by atoms with E-state index in [1.165, 1.54) is 72.8 Å². The zero-order valence-electron chi connectivity index (χ0n) is 35.5. The van der Waals surface area contributed by atoms with Gasteiger partial charge in [-0.15, -0.1) is 0 Å². The third kappa shape index (κ3) is 13.5. The topological polar surface area (TPSA) is 441 Å². The number of carbonyl (C=O) groups excluding carboxylic acids is 4. The second-order valence-corrected chi connectivity index (χ2v) is 13.8. The van der Waals surface area contributed by atoms with Gasteiger partial charge in [-0.25, -0.2) is 19.2 Å². The third-order valence-corrected chi connectivity index (χ3v) is 9.66. The fourth-order valence-electron chi connectivity index (χ4n) is 6.07. The Morgan fingerprint density at radius 1 is 0.299 bits per heavy atom. The minimum atomic E-state index is -3.95. The smallest absolute Gasteiger partial charge is 0.348 e. The van der Waals surface area contributed by atoms with Crippen LogP contribution in [0, 0.1) is 0 Å². The Bertz CT molecular complexity index is 1920. The van der Waals surface area contributed by atoms with Crippen LogP contribution in [0.2, 0.25) is 0 Å². The number of carboxylic acid groups (broad SMARTS) is 4. The molecule has 2 saturated heterocycles. The van der Waals surface area contributed by atoms with Crippen LogP contribution in [0.5, 0.6) is 0 Å². The van der Waals surface area contributed by atoms with Crippen LogP contribution in [-0.4, -0.2) is 179 Å². The Balaban J connectivity index is 0.000000999. The highest BCUT2D eigenvalue weighted by Gasteiger charge is 2.71. The average molecular weight is 943 g/mol. The predicted octanol–water partition coefficient (Wildman–Crippen LogP) is -3.35. The molecule has 2 aliphatic heterocycles.